The standard InChI is InChI=1S/C25H16N6OS/c32-24-21(33-25-27-23(29-31(24)25)18-11-13-26-14-12-18)15-19-16-30(20-9-5-2-6-10-20)28-22(19)17-7-3-1-4-8-17/h1-16H/b21-15-. The lowest BCUT2D eigenvalue weighted by Gasteiger charge is -2.00. The normalized spacial score (nSPS) is 11.9. The summed E-state index contributed by atoms with van der Waals surface area (Å²) >= 11 is 1.31. The van der Waals surface area contributed by atoms with Crippen molar-refractivity contribution in [1.29, 1.82) is 0 Å². The minimum absolute atomic E-state index is 0.200. The first-order valence-corrected chi connectivity index (χ1v) is 11.1. The van der Waals surface area contributed by atoms with E-state index in [4.69, 9.17) is 5.10 Å². The van der Waals surface area contributed by atoms with E-state index in [9.17, 15) is 4.79 Å². The number of pyridine rings is 1. The van der Waals surface area contributed by atoms with Gasteiger partial charge in [-0.25, -0.2) is 4.68 Å². The van der Waals surface area contributed by atoms with E-state index >= 15 is 0 Å². The molecule has 158 valence electrons. The summed E-state index contributed by atoms with van der Waals surface area (Å²) in [5.41, 5.74) is 4.19. The molecule has 2 aromatic carbocycles. The topological polar surface area (TPSA) is 78.0 Å². The van der Waals surface area contributed by atoms with E-state index in [2.05, 4.69) is 15.1 Å². The summed E-state index contributed by atoms with van der Waals surface area (Å²) in [6.45, 7) is 0. The van der Waals surface area contributed by atoms with Gasteiger partial charge in [0.05, 0.1) is 15.9 Å². The summed E-state index contributed by atoms with van der Waals surface area (Å²) < 4.78 is 3.74. The van der Waals surface area contributed by atoms with Gasteiger partial charge in [0.2, 0.25) is 4.96 Å². The molecule has 0 amide bonds. The summed E-state index contributed by atoms with van der Waals surface area (Å²) in [6.07, 6.45) is 7.16. The Bertz CT molecular complexity index is 1670. The molecule has 6 rings (SSSR count). The van der Waals surface area contributed by atoms with Gasteiger partial charge in [-0.3, -0.25) is 9.78 Å². The lowest BCUT2D eigenvalue weighted by atomic mass is 10.1. The first-order chi connectivity index (χ1) is 16.3. The van der Waals surface area contributed by atoms with Gasteiger partial charge < -0.3 is 0 Å². The first-order valence-electron chi connectivity index (χ1n) is 10.3. The molecular weight excluding hydrogens is 432 g/mol. The maximum atomic E-state index is 13.1. The molecule has 0 saturated carbocycles. The zero-order chi connectivity index (χ0) is 22.2. The van der Waals surface area contributed by atoms with E-state index in [1.165, 1.54) is 15.9 Å². The van der Waals surface area contributed by atoms with Crippen molar-refractivity contribution >= 4 is 22.4 Å². The van der Waals surface area contributed by atoms with Crippen molar-refractivity contribution in [2.24, 2.45) is 0 Å². The highest BCUT2D eigenvalue weighted by Gasteiger charge is 2.14. The summed E-state index contributed by atoms with van der Waals surface area (Å²) in [5.74, 6) is 0.508. The number of hydrogen-bond acceptors (Lipinski definition) is 6. The Balaban J connectivity index is 1.50. The van der Waals surface area contributed by atoms with Crippen LogP contribution >= 0.6 is 11.3 Å². The molecule has 0 radical (unpaired) electrons. The van der Waals surface area contributed by atoms with Crippen LogP contribution in [0.1, 0.15) is 5.56 Å². The second-order valence-corrected chi connectivity index (χ2v) is 8.37. The molecule has 0 saturated heterocycles. The van der Waals surface area contributed by atoms with Gasteiger partial charge in [0.15, 0.2) is 5.82 Å². The Labute approximate surface area is 191 Å². The second kappa shape index (κ2) is 7.92. The van der Waals surface area contributed by atoms with Crippen molar-refractivity contribution in [3.05, 3.63) is 112 Å². The zero-order valence-electron chi connectivity index (χ0n) is 17.2. The van der Waals surface area contributed by atoms with Crippen molar-refractivity contribution in [2.75, 3.05) is 0 Å². The lowest BCUT2D eigenvalue weighted by molar-refractivity contribution is 0.884. The van der Waals surface area contributed by atoms with Gasteiger partial charge in [-0.1, -0.05) is 59.9 Å². The third kappa shape index (κ3) is 3.52. The van der Waals surface area contributed by atoms with Crippen LogP contribution < -0.4 is 10.1 Å². The molecule has 6 aromatic rings. The molecule has 33 heavy (non-hydrogen) atoms. The molecule has 0 bridgehead atoms. The van der Waals surface area contributed by atoms with Crippen LogP contribution in [0.25, 0.3) is 39.4 Å². The monoisotopic (exact) mass is 448 g/mol. The molecule has 8 heteroatoms. The quantitative estimate of drug-likeness (QED) is 0.412. The summed E-state index contributed by atoms with van der Waals surface area (Å²) in [6, 6.07) is 23.5. The van der Waals surface area contributed by atoms with Crippen molar-refractivity contribution < 1.29 is 0 Å². The Morgan fingerprint density at radius 3 is 2.27 bits per heavy atom. The highest BCUT2D eigenvalue weighted by molar-refractivity contribution is 7.15. The second-order valence-electron chi connectivity index (χ2n) is 7.36. The molecule has 0 spiro atoms. The third-order valence-electron chi connectivity index (χ3n) is 5.22. The van der Waals surface area contributed by atoms with E-state index in [0.29, 0.717) is 15.3 Å². The van der Waals surface area contributed by atoms with Crippen LogP contribution in [0.5, 0.6) is 0 Å². The summed E-state index contributed by atoms with van der Waals surface area (Å²) in [5, 5.41) is 9.23. The van der Waals surface area contributed by atoms with Crippen LogP contribution in [0, 0.1) is 0 Å². The van der Waals surface area contributed by atoms with Gasteiger partial charge in [0.25, 0.3) is 5.56 Å². The minimum atomic E-state index is -0.200. The SMILES string of the molecule is O=c1/c(=C/c2cn(-c3ccccc3)nc2-c2ccccc2)sc2nc(-c3ccncc3)nn12. The number of rotatable bonds is 4. The number of benzene rings is 2. The molecule has 4 heterocycles. The molecule has 0 unspecified atom stereocenters. The van der Waals surface area contributed by atoms with Crippen LogP contribution in [0.4, 0.5) is 0 Å². The van der Waals surface area contributed by atoms with Crippen molar-refractivity contribution in [3.63, 3.8) is 0 Å². The van der Waals surface area contributed by atoms with E-state index in [0.717, 1.165) is 28.1 Å². The van der Waals surface area contributed by atoms with E-state index in [1.54, 1.807) is 12.4 Å². The Morgan fingerprint density at radius 1 is 0.818 bits per heavy atom. The fraction of sp³-hybridized carbons (Fsp3) is 0. The van der Waals surface area contributed by atoms with E-state index in [-0.39, 0.29) is 5.56 Å². The van der Waals surface area contributed by atoms with E-state index in [1.807, 2.05) is 89.8 Å². The molecule has 0 aliphatic heterocycles. The van der Waals surface area contributed by atoms with E-state index < -0.39 is 0 Å². The molecule has 0 aliphatic rings. The highest BCUT2D eigenvalue weighted by Crippen LogP contribution is 2.24. The molecular formula is C25H16N6OS. The number of fused-ring (bicyclic) bond motifs is 1. The van der Waals surface area contributed by atoms with Gasteiger partial charge in [-0.05, 0) is 30.3 Å². The van der Waals surface area contributed by atoms with Crippen molar-refractivity contribution in [2.45, 2.75) is 0 Å². The average Bonchev–Trinajstić information content (AvgIpc) is 3.56. The maximum absolute atomic E-state index is 13.1. The van der Waals surface area contributed by atoms with Crippen LogP contribution in [-0.4, -0.2) is 29.4 Å². The minimum Gasteiger partial charge on any atom is -0.266 e. The van der Waals surface area contributed by atoms with Gasteiger partial charge in [-0.2, -0.15) is 14.6 Å². The van der Waals surface area contributed by atoms with Crippen LogP contribution in [0.3, 0.4) is 0 Å². The zero-order valence-corrected chi connectivity index (χ0v) is 18.1. The molecule has 0 aliphatic carbocycles. The summed E-state index contributed by atoms with van der Waals surface area (Å²) in [7, 11) is 0. The van der Waals surface area contributed by atoms with Crippen LogP contribution in [0.15, 0.2) is 96.2 Å². The van der Waals surface area contributed by atoms with Gasteiger partial charge in [0, 0.05) is 35.3 Å². The van der Waals surface area contributed by atoms with Gasteiger partial charge in [0.1, 0.15) is 0 Å². The molecule has 7 nitrogen and oxygen atoms in total. The first kappa shape index (κ1) is 19.3. The largest absolute Gasteiger partial charge is 0.291 e. The third-order valence-corrected chi connectivity index (χ3v) is 6.18. The van der Waals surface area contributed by atoms with Crippen LogP contribution in [-0.2, 0) is 0 Å². The lowest BCUT2D eigenvalue weighted by Crippen LogP contribution is -2.23. The van der Waals surface area contributed by atoms with Crippen molar-refractivity contribution in [3.8, 4) is 28.3 Å². The molecule has 0 fully saturated rings. The molecule has 0 N–H and O–H groups in total. The predicted octanol–water partition coefficient (Wildman–Crippen LogP) is 3.61. The Morgan fingerprint density at radius 2 is 1.55 bits per heavy atom. The fourth-order valence-electron chi connectivity index (χ4n) is 3.62. The molecule has 4 aromatic heterocycles. The van der Waals surface area contributed by atoms with Gasteiger partial charge >= 0.3 is 0 Å². The number of hydrogen-bond donors (Lipinski definition) is 0. The van der Waals surface area contributed by atoms with Crippen LogP contribution in [0.2, 0.25) is 0 Å². The fourth-order valence-corrected chi connectivity index (χ4v) is 4.52. The smallest absolute Gasteiger partial charge is 0.266 e. The summed E-state index contributed by atoms with van der Waals surface area (Å²) in [4.78, 5) is 22.2. The molecule has 0 atom stereocenters. The maximum Gasteiger partial charge on any atom is 0.291 e. The number of nitrogens with zero attached hydrogens (tertiary/aromatic N) is 6. The van der Waals surface area contributed by atoms with Crippen molar-refractivity contribution in [1.82, 2.24) is 29.4 Å². The van der Waals surface area contributed by atoms with Gasteiger partial charge in [-0.15, -0.1) is 5.10 Å². The number of thiazole rings is 1. The highest BCUT2D eigenvalue weighted by atomic mass is 32.1. The Hall–Kier alpha value is -4.43. The predicted molar refractivity (Wildman–Crippen MR) is 128 cm³/mol. The average molecular weight is 449 g/mol. The number of aromatic nitrogens is 6. The number of para-hydroxylation sites is 1. The Kier molecular flexibility index (Phi) is 4.63.